The van der Waals surface area contributed by atoms with Crippen LogP contribution in [0.1, 0.15) is 28.8 Å². The normalized spacial score (nSPS) is 15.4. The van der Waals surface area contributed by atoms with E-state index in [1.165, 1.54) is 12.1 Å². The van der Waals surface area contributed by atoms with E-state index in [4.69, 9.17) is 15.4 Å². The second kappa shape index (κ2) is 4.90. The molecule has 1 saturated carbocycles. The first-order chi connectivity index (χ1) is 8.38. The number of aryl methyl sites for hydroxylation is 1. The molecule has 1 fully saturated rings. The number of halogens is 1. The third kappa shape index (κ3) is 3.23. The first-order valence-corrected chi connectivity index (χ1v) is 7.91. The highest BCUT2D eigenvalue weighted by Crippen LogP contribution is 2.29. The van der Waals surface area contributed by atoms with Crippen molar-refractivity contribution in [1.82, 2.24) is 0 Å². The van der Waals surface area contributed by atoms with Crippen molar-refractivity contribution in [3.8, 4) is 0 Å². The zero-order valence-electron chi connectivity index (χ0n) is 9.85. The first kappa shape index (κ1) is 13.4. The summed E-state index contributed by atoms with van der Waals surface area (Å²) < 4.78 is 27.7. The van der Waals surface area contributed by atoms with Gasteiger partial charge in [-0.1, -0.05) is 6.07 Å². The van der Waals surface area contributed by atoms with Crippen molar-refractivity contribution in [3.63, 3.8) is 0 Å². The molecule has 2 rings (SSSR count). The molecule has 1 aromatic rings. The van der Waals surface area contributed by atoms with Gasteiger partial charge in [0.1, 0.15) is 0 Å². The van der Waals surface area contributed by atoms with Gasteiger partial charge in [-0.25, -0.2) is 13.2 Å². The van der Waals surface area contributed by atoms with Crippen LogP contribution in [0.25, 0.3) is 0 Å². The van der Waals surface area contributed by atoms with Crippen molar-refractivity contribution in [1.29, 1.82) is 0 Å². The van der Waals surface area contributed by atoms with Crippen molar-refractivity contribution in [2.75, 3.05) is 6.61 Å². The molecule has 0 unspecified atom stereocenters. The number of hydrogen-bond donors (Lipinski definition) is 0. The summed E-state index contributed by atoms with van der Waals surface area (Å²) in [5, 5.41) is 0. The molecule has 0 aromatic heterocycles. The van der Waals surface area contributed by atoms with Gasteiger partial charge in [0.25, 0.3) is 9.05 Å². The van der Waals surface area contributed by atoms with Gasteiger partial charge in [0.2, 0.25) is 0 Å². The van der Waals surface area contributed by atoms with Crippen LogP contribution in [0.5, 0.6) is 0 Å². The molecule has 6 heteroatoms. The van der Waals surface area contributed by atoms with Crippen molar-refractivity contribution < 1.29 is 17.9 Å². The van der Waals surface area contributed by atoms with Crippen LogP contribution >= 0.6 is 10.7 Å². The lowest BCUT2D eigenvalue weighted by Gasteiger charge is -2.06. The van der Waals surface area contributed by atoms with Crippen molar-refractivity contribution in [3.05, 3.63) is 29.3 Å². The second-order valence-corrected chi connectivity index (χ2v) is 6.99. The first-order valence-electron chi connectivity index (χ1n) is 5.60. The highest BCUT2D eigenvalue weighted by molar-refractivity contribution is 8.13. The standard InChI is InChI=1S/C12H13ClO4S/c1-8-2-5-10(6-11(8)18(13,15)16)12(14)17-7-9-3-4-9/h2,5-6,9H,3-4,7H2,1H3. The lowest BCUT2D eigenvalue weighted by atomic mass is 10.1. The average molecular weight is 289 g/mol. The molecule has 0 N–H and O–H groups in total. The van der Waals surface area contributed by atoms with E-state index in [0.29, 0.717) is 18.1 Å². The van der Waals surface area contributed by atoms with E-state index in [9.17, 15) is 13.2 Å². The molecule has 0 radical (unpaired) electrons. The number of ether oxygens (including phenoxy) is 1. The van der Waals surface area contributed by atoms with Crippen molar-refractivity contribution >= 4 is 25.7 Å². The Morgan fingerprint density at radius 1 is 1.44 bits per heavy atom. The molecule has 1 aromatic carbocycles. The summed E-state index contributed by atoms with van der Waals surface area (Å²) in [4.78, 5) is 11.7. The minimum atomic E-state index is -3.84. The lowest BCUT2D eigenvalue weighted by molar-refractivity contribution is 0.0486. The average Bonchev–Trinajstić information content (AvgIpc) is 3.08. The summed E-state index contributed by atoms with van der Waals surface area (Å²) in [5.41, 5.74) is 0.712. The Bertz CT molecular complexity index is 576. The molecule has 0 saturated heterocycles. The molecule has 0 heterocycles. The summed E-state index contributed by atoms with van der Waals surface area (Å²) in [6, 6.07) is 4.34. The topological polar surface area (TPSA) is 60.4 Å². The molecule has 18 heavy (non-hydrogen) atoms. The van der Waals surface area contributed by atoms with E-state index in [0.717, 1.165) is 12.8 Å². The van der Waals surface area contributed by atoms with Crippen LogP contribution in [0, 0.1) is 12.8 Å². The molecule has 1 aliphatic carbocycles. The zero-order chi connectivity index (χ0) is 13.3. The molecular formula is C12H13ClO4S. The Labute approximate surface area is 110 Å². The number of benzene rings is 1. The molecule has 0 aliphatic heterocycles. The van der Waals surface area contributed by atoms with Crippen LogP contribution in [0.3, 0.4) is 0 Å². The van der Waals surface area contributed by atoms with Crippen LogP contribution in [-0.2, 0) is 13.8 Å². The summed E-state index contributed by atoms with van der Waals surface area (Å²) in [7, 11) is 1.45. The monoisotopic (exact) mass is 288 g/mol. The number of carbonyl (C=O) groups is 1. The number of rotatable bonds is 4. The maximum absolute atomic E-state index is 11.7. The zero-order valence-corrected chi connectivity index (χ0v) is 11.4. The highest BCUT2D eigenvalue weighted by Gasteiger charge is 2.24. The third-order valence-electron chi connectivity index (χ3n) is 2.83. The molecule has 0 amide bonds. The predicted molar refractivity (Wildman–Crippen MR) is 67.2 cm³/mol. The summed E-state index contributed by atoms with van der Waals surface area (Å²) in [6.45, 7) is 2.02. The number of carbonyl (C=O) groups excluding carboxylic acids is 1. The van der Waals surface area contributed by atoms with Gasteiger partial charge in [-0.3, -0.25) is 0 Å². The second-order valence-electron chi connectivity index (χ2n) is 4.46. The predicted octanol–water partition coefficient (Wildman–Crippen LogP) is 2.49. The Hall–Kier alpha value is -1.07. The van der Waals surface area contributed by atoms with E-state index in [1.54, 1.807) is 13.0 Å². The SMILES string of the molecule is Cc1ccc(C(=O)OCC2CC2)cc1S(=O)(=O)Cl. The molecular weight excluding hydrogens is 276 g/mol. The summed E-state index contributed by atoms with van der Waals surface area (Å²) >= 11 is 0. The summed E-state index contributed by atoms with van der Waals surface area (Å²) in [5.74, 6) is -0.0425. The highest BCUT2D eigenvalue weighted by atomic mass is 35.7. The van der Waals surface area contributed by atoms with Gasteiger partial charge in [0.05, 0.1) is 17.1 Å². The Morgan fingerprint density at radius 3 is 2.67 bits per heavy atom. The van der Waals surface area contributed by atoms with E-state index in [-0.39, 0.29) is 10.5 Å². The molecule has 0 bridgehead atoms. The van der Waals surface area contributed by atoms with Gasteiger partial charge in [0.15, 0.2) is 0 Å². The Kier molecular flexibility index (Phi) is 3.64. The van der Waals surface area contributed by atoms with Crippen LogP contribution in [0.4, 0.5) is 0 Å². The van der Waals surface area contributed by atoms with Crippen LogP contribution < -0.4 is 0 Å². The van der Waals surface area contributed by atoms with E-state index >= 15 is 0 Å². The lowest BCUT2D eigenvalue weighted by Crippen LogP contribution is -2.08. The molecule has 0 spiro atoms. The van der Waals surface area contributed by atoms with Crippen LogP contribution in [0.15, 0.2) is 23.1 Å². The maximum Gasteiger partial charge on any atom is 0.338 e. The number of esters is 1. The van der Waals surface area contributed by atoms with E-state index in [1.807, 2.05) is 0 Å². The minimum Gasteiger partial charge on any atom is -0.462 e. The fraction of sp³-hybridized carbons (Fsp3) is 0.417. The van der Waals surface area contributed by atoms with Crippen LogP contribution in [-0.4, -0.2) is 21.0 Å². The largest absolute Gasteiger partial charge is 0.462 e. The van der Waals surface area contributed by atoms with Gasteiger partial charge in [-0.05, 0) is 43.4 Å². The Balaban J connectivity index is 2.20. The fourth-order valence-electron chi connectivity index (χ4n) is 1.55. The third-order valence-corrected chi connectivity index (χ3v) is 4.30. The summed E-state index contributed by atoms with van der Waals surface area (Å²) in [6.07, 6.45) is 2.17. The van der Waals surface area contributed by atoms with Gasteiger partial charge in [0, 0.05) is 10.7 Å². The van der Waals surface area contributed by atoms with Crippen molar-refractivity contribution in [2.45, 2.75) is 24.7 Å². The molecule has 1 aliphatic rings. The fourth-order valence-corrected chi connectivity index (χ4v) is 2.77. The van der Waals surface area contributed by atoms with E-state index < -0.39 is 15.0 Å². The van der Waals surface area contributed by atoms with Crippen LogP contribution in [0.2, 0.25) is 0 Å². The van der Waals surface area contributed by atoms with Crippen molar-refractivity contribution in [2.24, 2.45) is 5.92 Å². The molecule has 98 valence electrons. The quantitative estimate of drug-likeness (QED) is 0.631. The van der Waals surface area contributed by atoms with Gasteiger partial charge >= 0.3 is 5.97 Å². The number of hydrogen-bond acceptors (Lipinski definition) is 4. The Morgan fingerprint density at radius 2 is 2.11 bits per heavy atom. The van der Waals surface area contributed by atoms with Gasteiger partial charge in [-0.2, -0.15) is 0 Å². The molecule has 4 nitrogen and oxygen atoms in total. The van der Waals surface area contributed by atoms with Gasteiger partial charge in [-0.15, -0.1) is 0 Å². The maximum atomic E-state index is 11.7. The van der Waals surface area contributed by atoms with Gasteiger partial charge < -0.3 is 4.74 Å². The van der Waals surface area contributed by atoms with E-state index in [2.05, 4.69) is 0 Å². The smallest absolute Gasteiger partial charge is 0.338 e. The molecule has 0 atom stereocenters. The minimum absolute atomic E-state index is 0.0509.